The Morgan fingerprint density at radius 1 is 1.39 bits per heavy atom. The molecule has 1 amide bonds. The van der Waals surface area contributed by atoms with Crippen molar-refractivity contribution >= 4 is 17.5 Å². The van der Waals surface area contributed by atoms with E-state index in [1.54, 1.807) is 0 Å². The molecule has 18 heavy (non-hydrogen) atoms. The predicted octanol–water partition coefficient (Wildman–Crippen LogP) is 2.34. The van der Waals surface area contributed by atoms with Crippen LogP contribution in [0.15, 0.2) is 24.3 Å². The molecule has 0 radical (unpaired) electrons. The van der Waals surface area contributed by atoms with Crippen molar-refractivity contribution in [2.45, 2.75) is 19.3 Å². The highest BCUT2D eigenvalue weighted by molar-refractivity contribution is 6.30. The van der Waals surface area contributed by atoms with Crippen molar-refractivity contribution in [3.63, 3.8) is 0 Å². The van der Waals surface area contributed by atoms with E-state index < -0.39 is 0 Å². The van der Waals surface area contributed by atoms with Gasteiger partial charge in [-0.15, -0.1) is 0 Å². The Labute approximate surface area is 114 Å². The third-order valence-electron chi connectivity index (χ3n) is 2.64. The Bertz CT molecular complexity index is 380. The largest absolute Gasteiger partial charge is 0.355 e. The van der Waals surface area contributed by atoms with E-state index in [0.717, 1.165) is 24.4 Å². The van der Waals surface area contributed by atoms with Gasteiger partial charge >= 0.3 is 0 Å². The summed E-state index contributed by atoms with van der Waals surface area (Å²) in [7, 11) is 3.98. The van der Waals surface area contributed by atoms with Crippen molar-refractivity contribution in [3.8, 4) is 0 Å². The number of carbonyl (C=O) groups excluding carboxylic acids is 1. The monoisotopic (exact) mass is 268 g/mol. The van der Waals surface area contributed by atoms with Gasteiger partial charge in [0, 0.05) is 24.5 Å². The molecule has 3 nitrogen and oxygen atoms in total. The first-order chi connectivity index (χ1) is 8.58. The molecule has 0 aromatic heterocycles. The van der Waals surface area contributed by atoms with Crippen LogP contribution >= 0.6 is 11.6 Å². The zero-order valence-corrected chi connectivity index (χ0v) is 11.8. The fourth-order valence-corrected chi connectivity index (χ4v) is 1.87. The summed E-state index contributed by atoms with van der Waals surface area (Å²) in [6, 6.07) is 7.79. The van der Waals surface area contributed by atoms with Gasteiger partial charge in [-0.3, -0.25) is 4.79 Å². The minimum Gasteiger partial charge on any atom is -0.355 e. The third kappa shape index (κ3) is 6.62. The van der Waals surface area contributed by atoms with Gasteiger partial charge in [-0.2, -0.15) is 0 Å². The molecule has 1 N–H and O–H groups in total. The van der Waals surface area contributed by atoms with Crippen molar-refractivity contribution in [3.05, 3.63) is 34.9 Å². The second-order valence-corrected chi connectivity index (χ2v) is 5.07. The zero-order valence-electron chi connectivity index (χ0n) is 11.1. The average Bonchev–Trinajstić information content (AvgIpc) is 2.28. The number of benzene rings is 1. The highest BCUT2D eigenvalue weighted by Gasteiger charge is 2.01. The summed E-state index contributed by atoms with van der Waals surface area (Å²) in [5.74, 6) is 0.124. The van der Waals surface area contributed by atoms with Gasteiger partial charge in [0.15, 0.2) is 0 Å². The number of hydrogen-bond donors (Lipinski definition) is 1. The summed E-state index contributed by atoms with van der Waals surface area (Å²) in [5.41, 5.74) is 1.18. The number of aryl methyl sites for hydroxylation is 1. The molecule has 0 spiro atoms. The maximum absolute atomic E-state index is 11.5. The van der Waals surface area contributed by atoms with Crippen LogP contribution < -0.4 is 5.32 Å². The van der Waals surface area contributed by atoms with Crippen molar-refractivity contribution in [1.29, 1.82) is 0 Å². The second kappa shape index (κ2) is 8.11. The van der Waals surface area contributed by atoms with Crippen LogP contribution in [0.5, 0.6) is 0 Å². The van der Waals surface area contributed by atoms with E-state index in [1.165, 1.54) is 5.56 Å². The number of rotatable bonds is 7. The number of amides is 1. The van der Waals surface area contributed by atoms with Gasteiger partial charge in [0.1, 0.15) is 0 Å². The van der Waals surface area contributed by atoms with Crippen LogP contribution in [0.3, 0.4) is 0 Å². The molecule has 0 saturated carbocycles. The fraction of sp³-hybridized carbons (Fsp3) is 0.500. The lowest BCUT2D eigenvalue weighted by atomic mass is 10.1. The van der Waals surface area contributed by atoms with E-state index in [1.807, 2.05) is 43.3 Å². The van der Waals surface area contributed by atoms with Crippen LogP contribution in [-0.2, 0) is 11.2 Å². The molecular formula is C14H21ClN2O. The summed E-state index contributed by atoms with van der Waals surface area (Å²) >= 11 is 5.90. The molecule has 1 rings (SSSR count). The van der Waals surface area contributed by atoms with Crippen LogP contribution in [-0.4, -0.2) is 38.0 Å². The number of nitrogens with zero attached hydrogens (tertiary/aromatic N) is 1. The highest BCUT2D eigenvalue weighted by atomic mass is 35.5. The van der Waals surface area contributed by atoms with Crippen molar-refractivity contribution < 1.29 is 4.79 Å². The zero-order chi connectivity index (χ0) is 13.4. The Morgan fingerprint density at radius 2 is 2.17 bits per heavy atom. The Hall–Kier alpha value is -1.06. The van der Waals surface area contributed by atoms with Gasteiger partial charge in [0.2, 0.25) is 5.91 Å². The van der Waals surface area contributed by atoms with Crippen LogP contribution in [0.4, 0.5) is 0 Å². The van der Waals surface area contributed by atoms with Gasteiger partial charge in [0.05, 0.1) is 0 Å². The fourth-order valence-electron chi connectivity index (χ4n) is 1.65. The summed E-state index contributed by atoms with van der Waals surface area (Å²) in [6.45, 7) is 1.59. The molecule has 100 valence electrons. The number of halogens is 1. The molecule has 0 aliphatic carbocycles. The van der Waals surface area contributed by atoms with Gasteiger partial charge in [-0.05, 0) is 44.6 Å². The second-order valence-electron chi connectivity index (χ2n) is 4.64. The molecular weight excluding hydrogens is 248 g/mol. The molecule has 0 atom stereocenters. The maximum Gasteiger partial charge on any atom is 0.220 e. The lowest BCUT2D eigenvalue weighted by Gasteiger charge is -2.10. The summed E-state index contributed by atoms with van der Waals surface area (Å²) in [4.78, 5) is 13.6. The molecule has 0 heterocycles. The van der Waals surface area contributed by atoms with E-state index in [0.29, 0.717) is 13.0 Å². The summed E-state index contributed by atoms with van der Waals surface area (Å²) < 4.78 is 0. The number of carbonyl (C=O) groups is 1. The van der Waals surface area contributed by atoms with Gasteiger partial charge in [-0.25, -0.2) is 0 Å². The molecule has 0 fully saturated rings. The van der Waals surface area contributed by atoms with Crippen LogP contribution in [0.1, 0.15) is 18.4 Å². The Balaban J connectivity index is 2.15. The van der Waals surface area contributed by atoms with Crippen molar-refractivity contribution in [2.75, 3.05) is 27.2 Å². The smallest absolute Gasteiger partial charge is 0.220 e. The van der Waals surface area contributed by atoms with Crippen LogP contribution in [0.25, 0.3) is 0 Å². The predicted molar refractivity (Wildman–Crippen MR) is 76.0 cm³/mol. The quantitative estimate of drug-likeness (QED) is 0.823. The first-order valence-electron chi connectivity index (χ1n) is 6.24. The highest BCUT2D eigenvalue weighted by Crippen LogP contribution is 2.12. The lowest BCUT2D eigenvalue weighted by molar-refractivity contribution is -0.121. The van der Waals surface area contributed by atoms with Gasteiger partial charge in [0.25, 0.3) is 0 Å². The van der Waals surface area contributed by atoms with Gasteiger partial charge in [-0.1, -0.05) is 23.7 Å². The lowest BCUT2D eigenvalue weighted by Crippen LogP contribution is -2.31. The molecule has 0 saturated heterocycles. The Kier molecular flexibility index (Phi) is 6.76. The SMILES string of the molecule is CN(C)CCNC(=O)CCCc1cccc(Cl)c1. The van der Waals surface area contributed by atoms with E-state index in [-0.39, 0.29) is 5.91 Å². The molecule has 1 aromatic carbocycles. The molecule has 4 heteroatoms. The maximum atomic E-state index is 11.5. The number of nitrogens with one attached hydrogen (secondary N) is 1. The minimum atomic E-state index is 0.124. The minimum absolute atomic E-state index is 0.124. The average molecular weight is 269 g/mol. The molecule has 0 unspecified atom stereocenters. The van der Waals surface area contributed by atoms with Crippen molar-refractivity contribution in [1.82, 2.24) is 10.2 Å². The number of hydrogen-bond acceptors (Lipinski definition) is 2. The van der Waals surface area contributed by atoms with E-state index in [4.69, 9.17) is 11.6 Å². The van der Waals surface area contributed by atoms with Crippen molar-refractivity contribution in [2.24, 2.45) is 0 Å². The first-order valence-corrected chi connectivity index (χ1v) is 6.61. The molecule has 0 bridgehead atoms. The molecule has 1 aromatic rings. The third-order valence-corrected chi connectivity index (χ3v) is 2.87. The van der Waals surface area contributed by atoms with E-state index in [9.17, 15) is 4.79 Å². The number of likely N-dealkylation sites (N-methyl/N-ethyl adjacent to an activating group) is 1. The van der Waals surface area contributed by atoms with Gasteiger partial charge < -0.3 is 10.2 Å². The molecule has 0 aliphatic rings. The summed E-state index contributed by atoms with van der Waals surface area (Å²) in [5, 5.41) is 3.66. The van der Waals surface area contributed by atoms with Crippen LogP contribution in [0.2, 0.25) is 5.02 Å². The van der Waals surface area contributed by atoms with E-state index in [2.05, 4.69) is 5.32 Å². The molecule has 0 aliphatic heterocycles. The summed E-state index contributed by atoms with van der Waals surface area (Å²) in [6.07, 6.45) is 2.32. The normalized spacial score (nSPS) is 10.7. The van der Waals surface area contributed by atoms with E-state index >= 15 is 0 Å². The first kappa shape index (κ1) is 15.0. The standard InChI is InChI=1S/C14H21ClN2O/c1-17(2)10-9-16-14(18)8-4-6-12-5-3-7-13(15)11-12/h3,5,7,11H,4,6,8-10H2,1-2H3,(H,16,18). The topological polar surface area (TPSA) is 32.3 Å². The Morgan fingerprint density at radius 3 is 2.83 bits per heavy atom. The van der Waals surface area contributed by atoms with Crippen LogP contribution in [0, 0.1) is 0 Å².